The molecule has 0 fully saturated rings. The van der Waals surface area contributed by atoms with Gasteiger partial charge in [-0.2, -0.15) is 0 Å². The van der Waals surface area contributed by atoms with Crippen molar-refractivity contribution in [2.75, 3.05) is 5.32 Å². The molecule has 1 aromatic heterocycles. The number of carbonyl (C=O) groups is 1. The van der Waals surface area contributed by atoms with E-state index in [2.05, 4.69) is 21.2 Å². The summed E-state index contributed by atoms with van der Waals surface area (Å²) in [6, 6.07) is 7.81. The van der Waals surface area contributed by atoms with Gasteiger partial charge in [0.15, 0.2) is 0 Å². The Morgan fingerprint density at radius 1 is 1.30 bits per heavy atom. The first-order valence-corrected chi connectivity index (χ1v) is 8.63. The van der Waals surface area contributed by atoms with E-state index in [4.69, 9.17) is 5.14 Å². The third-order valence-corrected chi connectivity index (χ3v) is 5.12. The predicted molar refractivity (Wildman–Crippen MR) is 82.5 cm³/mol. The van der Waals surface area contributed by atoms with Gasteiger partial charge in [-0.25, -0.2) is 13.6 Å². The highest BCUT2D eigenvalue weighted by Crippen LogP contribution is 2.24. The summed E-state index contributed by atoms with van der Waals surface area (Å²) in [5.41, 5.74) is 1.17. The Labute approximate surface area is 129 Å². The van der Waals surface area contributed by atoms with Crippen LogP contribution in [0.4, 0.5) is 5.69 Å². The summed E-state index contributed by atoms with van der Waals surface area (Å²) in [4.78, 5) is 12.5. The van der Waals surface area contributed by atoms with Gasteiger partial charge in [0, 0.05) is 5.69 Å². The third kappa shape index (κ3) is 3.45. The van der Waals surface area contributed by atoms with E-state index in [9.17, 15) is 13.2 Å². The third-order valence-electron chi connectivity index (χ3n) is 2.58. The SMILES string of the molecule is Cc1ccc(S(N)(=O)=O)cc1NC(=O)c1ccc(Br)s1. The molecule has 8 heteroatoms. The van der Waals surface area contributed by atoms with Crippen LogP contribution in [0, 0.1) is 6.92 Å². The largest absolute Gasteiger partial charge is 0.321 e. The summed E-state index contributed by atoms with van der Waals surface area (Å²) in [6.45, 7) is 1.77. The van der Waals surface area contributed by atoms with Crippen molar-refractivity contribution in [3.63, 3.8) is 0 Å². The zero-order valence-electron chi connectivity index (χ0n) is 10.4. The molecule has 0 spiro atoms. The summed E-state index contributed by atoms with van der Waals surface area (Å²) in [6.07, 6.45) is 0. The van der Waals surface area contributed by atoms with Gasteiger partial charge < -0.3 is 5.32 Å². The molecule has 0 saturated heterocycles. The van der Waals surface area contributed by atoms with Gasteiger partial charge in [-0.05, 0) is 52.7 Å². The number of benzene rings is 1. The first-order valence-electron chi connectivity index (χ1n) is 5.47. The van der Waals surface area contributed by atoms with E-state index >= 15 is 0 Å². The van der Waals surface area contributed by atoms with Crippen LogP contribution in [-0.4, -0.2) is 14.3 Å². The maximum Gasteiger partial charge on any atom is 0.265 e. The standard InChI is InChI=1S/C12H11BrN2O3S2/c1-7-2-3-8(20(14,17)18)6-9(7)15-12(16)10-4-5-11(13)19-10/h2-6H,1H3,(H,15,16)(H2,14,17,18). The van der Waals surface area contributed by atoms with Crippen molar-refractivity contribution in [2.24, 2.45) is 5.14 Å². The van der Waals surface area contributed by atoms with Crippen molar-refractivity contribution < 1.29 is 13.2 Å². The Morgan fingerprint density at radius 2 is 2.00 bits per heavy atom. The predicted octanol–water partition coefficient (Wildman–Crippen LogP) is 2.72. The fourth-order valence-electron chi connectivity index (χ4n) is 1.53. The molecule has 1 aromatic carbocycles. The lowest BCUT2D eigenvalue weighted by Crippen LogP contribution is -2.15. The van der Waals surface area contributed by atoms with Gasteiger partial charge in [0.2, 0.25) is 10.0 Å². The minimum absolute atomic E-state index is 0.0363. The monoisotopic (exact) mass is 374 g/mol. The fourth-order valence-corrected chi connectivity index (χ4v) is 3.35. The lowest BCUT2D eigenvalue weighted by molar-refractivity contribution is 0.103. The van der Waals surface area contributed by atoms with E-state index in [1.807, 2.05) is 0 Å². The van der Waals surface area contributed by atoms with E-state index in [0.717, 1.165) is 9.35 Å². The number of carbonyl (C=O) groups excluding carboxylic acids is 1. The lowest BCUT2D eigenvalue weighted by Gasteiger charge is -2.09. The number of aryl methyl sites for hydroxylation is 1. The van der Waals surface area contributed by atoms with Crippen LogP contribution in [0.15, 0.2) is 39.0 Å². The number of nitrogens with one attached hydrogen (secondary N) is 1. The summed E-state index contributed by atoms with van der Waals surface area (Å²) >= 11 is 4.57. The second-order valence-corrected chi connectivity index (χ2v) is 8.10. The number of amides is 1. The Hall–Kier alpha value is -1.22. The van der Waals surface area contributed by atoms with Crippen molar-refractivity contribution in [1.82, 2.24) is 0 Å². The molecule has 3 N–H and O–H groups in total. The topological polar surface area (TPSA) is 89.3 Å². The molecular weight excluding hydrogens is 364 g/mol. The van der Waals surface area contributed by atoms with E-state index in [1.165, 1.54) is 23.5 Å². The highest BCUT2D eigenvalue weighted by atomic mass is 79.9. The molecule has 0 aliphatic carbocycles. The highest BCUT2D eigenvalue weighted by Gasteiger charge is 2.13. The van der Waals surface area contributed by atoms with Crippen LogP contribution in [0.5, 0.6) is 0 Å². The second-order valence-electron chi connectivity index (χ2n) is 4.08. The molecule has 2 rings (SSSR count). The molecule has 20 heavy (non-hydrogen) atoms. The van der Waals surface area contributed by atoms with Crippen LogP contribution in [0.3, 0.4) is 0 Å². The number of sulfonamides is 1. The second kappa shape index (κ2) is 5.65. The number of hydrogen-bond donors (Lipinski definition) is 2. The van der Waals surface area contributed by atoms with Crippen LogP contribution in [0.2, 0.25) is 0 Å². The Bertz CT molecular complexity index is 769. The minimum Gasteiger partial charge on any atom is -0.321 e. The van der Waals surface area contributed by atoms with Crippen molar-refractivity contribution >= 4 is 48.9 Å². The fraction of sp³-hybridized carbons (Fsp3) is 0.0833. The van der Waals surface area contributed by atoms with E-state index in [-0.39, 0.29) is 10.8 Å². The van der Waals surface area contributed by atoms with Crippen LogP contribution in [-0.2, 0) is 10.0 Å². The van der Waals surface area contributed by atoms with Crippen molar-refractivity contribution in [1.29, 1.82) is 0 Å². The van der Waals surface area contributed by atoms with Gasteiger partial charge in [-0.15, -0.1) is 11.3 Å². The zero-order valence-corrected chi connectivity index (χ0v) is 13.6. The first kappa shape index (κ1) is 15.2. The van der Waals surface area contributed by atoms with Gasteiger partial charge in [0.05, 0.1) is 13.6 Å². The Morgan fingerprint density at radius 3 is 2.55 bits per heavy atom. The Kier molecular flexibility index (Phi) is 4.28. The maximum absolute atomic E-state index is 12.0. The molecule has 2 aromatic rings. The molecule has 0 aliphatic rings. The molecule has 0 atom stereocenters. The van der Waals surface area contributed by atoms with Gasteiger partial charge in [0.1, 0.15) is 0 Å². The summed E-state index contributed by atoms with van der Waals surface area (Å²) in [5, 5.41) is 7.76. The average Bonchev–Trinajstić information content (AvgIpc) is 2.77. The van der Waals surface area contributed by atoms with Gasteiger partial charge in [0.25, 0.3) is 5.91 Å². The average molecular weight is 375 g/mol. The molecule has 0 radical (unpaired) electrons. The van der Waals surface area contributed by atoms with E-state index in [1.54, 1.807) is 25.1 Å². The van der Waals surface area contributed by atoms with Gasteiger partial charge >= 0.3 is 0 Å². The summed E-state index contributed by atoms with van der Waals surface area (Å²) < 4.78 is 23.5. The van der Waals surface area contributed by atoms with Crippen LogP contribution in [0.25, 0.3) is 0 Å². The van der Waals surface area contributed by atoms with Gasteiger partial charge in [-0.1, -0.05) is 6.07 Å². The number of primary sulfonamides is 1. The molecular formula is C12H11BrN2O3S2. The Balaban J connectivity index is 2.31. The van der Waals surface area contributed by atoms with Crippen LogP contribution in [0.1, 0.15) is 15.2 Å². The molecule has 0 saturated carbocycles. The highest BCUT2D eigenvalue weighted by molar-refractivity contribution is 9.11. The summed E-state index contributed by atoms with van der Waals surface area (Å²) in [7, 11) is -3.79. The zero-order chi connectivity index (χ0) is 14.9. The van der Waals surface area contributed by atoms with Crippen molar-refractivity contribution in [2.45, 2.75) is 11.8 Å². The summed E-state index contributed by atoms with van der Waals surface area (Å²) in [5.74, 6) is -0.296. The van der Waals surface area contributed by atoms with E-state index < -0.39 is 10.0 Å². The number of thiophene rings is 1. The smallest absolute Gasteiger partial charge is 0.265 e. The van der Waals surface area contributed by atoms with E-state index in [0.29, 0.717) is 10.6 Å². The molecule has 0 unspecified atom stereocenters. The molecule has 0 bridgehead atoms. The number of nitrogens with two attached hydrogens (primary N) is 1. The van der Waals surface area contributed by atoms with Gasteiger partial charge in [-0.3, -0.25) is 4.79 Å². The van der Waals surface area contributed by atoms with Crippen molar-refractivity contribution in [3.05, 3.63) is 44.6 Å². The number of rotatable bonds is 3. The van der Waals surface area contributed by atoms with Crippen LogP contribution < -0.4 is 10.5 Å². The molecule has 5 nitrogen and oxygen atoms in total. The van der Waals surface area contributed by atoms with Crippen LogP contribution >= 0.6 is 27.3 Å². The molecule has 106 valence electrons. The molecule has 0 aliphatic heterocycles. The minimum atomic E-state index is -3.79. The molecule has 1 heterocycles. The maximum atomic E-state index is 12.0. The number of anilines is 1. The van der Waals surface area contributed by atoms with Crippen molar-refractivity contribution in [3.8, 4) is 0 Å². The first-order chi connectivity index (χ1) is 9.27. The normalized spacial score (nSPS) is 11.3. The lowest BCUT2D eigenvalue weighted by atomic mass is 10.2. The molecule has 1 amide bonds. The quantitative estimate of drug-likeness (QED) is 0.865. The number of hydrogen-bond acceptors (Lipinski definition) is 4. The number of halogens is 1.